The fourth-order valence-electron chi connectivity index (χ4n) is 2.44. The number of nitrogens with zero attached hydrogens (tertiary/aromatic N) is 1. The summed E-state index contributed by atoms with van der Waals surface area (Å²) in [4.78, 5) is 15.9. The van der Waals surface area contributed by atoms with Gasteiger partial charge in [0.05, 0.1) is 0 Å². The molecule has 1 N–H and O–H groups in total. The van der Waals surface area contributed by atoms with Crippen LogP contribution in [0.2, 0.25) is 0 Å². The lowest BCUT2D eigenvalue weighted by Crippen LogP contribution is -2.25. The molecule has 0 fully saturated rings. The van der Waals surface area contributed by atoms with Crippen molar-refractivity contribution in [2.24, 2.45) is 0 Å². The molecule has 2 aromatic carbocycles. The Bertz CT molecular complexity index is 813. The smallest absolute Gasteiger partial charge is 0.220 e. The Morgan fingerprint density at radius 1 is 1.17 bits per heavy atom. The highest BCUT2D eigenvalue weighted by Gasteiger charge is 2.06. The highest BCUT2D eigenvalue weighted by Crippen LogP contribution is 2.14. The number of hydrogen-bond donors (Lipinski definition) is 1. The summed E-state index contributed by atoms with van der Waals surface area (Å²) in [6.07, 6.45) is 2.81. The minimum Gasteiger partial charge on any atom is -0.443 e. The predicted octanol–water partition coefficient (Wildman–Crippen LogP) is 3.26. The summed E-state index contributed by atoms with van der Waals surface area (Å²) in [6, 6.07) is 12.3. The van der Waals surface area contributed by atoms with E-state index < -0.39 is 0 Å². The highest BCUT2D eigenvalue weighted by atomic mass is 19.1. The van der Waals surface area contributed by atoms with Crippen LogP contribution < -0.4 is 5.32 Å². The molecule has 3 rings (SSSR count). The second-order valence-corrected chi connectivity index (χ2v) is 5.35. The molecule has 0 aliphatic carbocycles. The molecule has 0 atom stereocenters. The van der Waals surface area contributed by atoms with Crippen molar-refractivity contribution >= 4 is 17.0 Å². The fraction of sp³-hybridized carbons (Fsp3) is 0.222. The van der Waals surface area contributed by atoms with Gasteiger partial charge < -0.3 is 9.73 Å². The van der Waals surface area contributed by atoms with Crippen LogP contribution in [0.15, 0.2) is 53.3 Å². The molecule has 1 amide bonds. The van der Waals surface area contributed by atoms with E-state index in [0.29, 0.717) is 24.9 Å². The molecule has 0 unspecified atom stereocenters. The van der Waals surface area contributed by atoms with Crippen LogP contribution in [-0.2, 0) is 17.6 Å². The van der Waals surface area contributed by atoms with Gasteiger partial charge in [0.2, 0.25) is 5.91 Å². The van der Waals surface area contributed by atoms with Gasteiger partial charge in [0.15, 0.2) is 12.0 Å². The first kappa shape index (κ1) is 15.2. The molecule has 0 spiro atoms. The zero-order valence-corrected chi connectivity index (χ0v) is 12.6. The van der Waals surface area contributed by atoms with Crippen LogP contribution in [0.4, 0.5) is 4.39 Å². The van der Waals surface area contributed by atoms with Crippen molar-refractivity contribution in [2.45, 2.75) is 19.3 Å². The fourth-order valence-corrected chi connectivity index (χ4v) is 2.44. The molecule has 0 radical (unpaired) electrons. The largest absolute Gasteiger partial charge is 0.443 e. The van der Waals surface area contributed by atoms with Gasteiger partial charge in [-0.05, 0) is 42.2 Å². The summed E-state index contributed by atoms with van der Waals surface area (Å²) >= 11 is 0. The Hall–Kier alpha value is -2.69. The molecule has 1 heterocycles. The maximum atomic E-state index is 13.5. The first-order valence-corrected chi connectivity index (χ1v) is 7.54. The topological polar surface area (TPSA) is 55.1 Å². The van der Waals surface area contributed by atoms with Gasteiger partial charge in [0, 0.05) is 13.0 Å². The van der Waals surface area contributed by atoms with Gasteiger partial charge in [0.1, 0.15) is 11.3 Å². The molecule has 0 saturated carbocycles. The van der Waals surface area contributed by atoms with E-state index in [0.717, 1.165) is 16.7 Å². The summed E-state index contributed by atoms with van der Waals surface area (Å²) in [6.45, 7) is 0.537. The van der Waals surface area contributed by atoms with Crippen molar-refractivity contribution in [1.29, 1.82) is 0 Å². The average molecular weight is 312 g/mol. The third kappa shape index (κ3) is 3.94. The second-order valence-electron chi connectivity index (χ2n) is 5.35. The number of benzene rings is 2. The Morgan fingerprint density at radius 2 is 2.04 bits per heavy atom. The predicted molar refractivity (Wildman–Crippen MR) is 85.4 cm³/mol. The van der Waals surface area contributed by atoms with E-state index in [9.17, 15) is 9.18 Å². The Morgan fingerprint density at radius 3 is 2.91 bits per heavy atom. The molecule has 23 heavy (non-hydrogen) atoms. The van der Waals surface area contributed by atoms with Crippen LogP contribution >= 0.6 is 0 Å². The van der Waals surface area contributed by atoms with Gasteiger partial charge >= 0.3 is 0 Å². The molecular weight excluding hydrogens is 295 g/mol. The Labute approximate surface area is 133 Å². The van der Waals surface area contributed by atoms with Crippen molar-refractivity contribution in [3.05, 3.63) is 65.8 Å². The monoisotopic (exact) mass is 312 g/mol. The van der Waals surface area contributed by atoms with Crippen molar-refractivity contribution in [2.75, 3.05) is 6.54 Å². The van der Waals surface area contributed by atoms with Gasteiger partial charge in [0.25, 0.3) is 0 Å². The van der Waals surface area contributed by atoms with Crippen molar-refractivity contribution in [1.82, 2.24) is 10.3 Å². The molecule has 118 valence electrons. The number of carbonyl (C=O) groups excluding carboxylic acids is 1. The SMILES string of the molecule is O=C(CCc1ccccc1F)NCCc1ccc2ncoc2c1. The van der Waals surface area contributed by atoms with Crippen molar-refractivity contribution in [3.63, 3.8) is 0 Å². The van der Waals surface area contributed by atoms with Gasteiger partial charge in [-0.1, -0.05) is 24.3 Å². The molecule has 4 nitrogen and oxygen atoms in total. The normalized spacial score (nSPS) is 10.8. The van der Waals surface area contributed by atoms with E-state index in [1.165, 1.54) is 12.5 Å². The lowest BCUT2D eigenvalue weighted by molar-refractivity contribution is -0.121. The van der Waals surface area contributed by atoms with E-state index >= 15 is 0 Å². The summed E-state index contributed by atoms with van der Waals surface area (Å²) in [5.74, 6) is -0.338. The Balaban J connectivity index is 1.44. The van der Waals surface area contributed by atoms with Gasteiger partial charge in [-0.3, -0.25) is 4.79 Å². The molecule has 5 heteroatoms. The average Bonchev–Trinajstić information content (AvgIpc) is 3.02. The molecule has 0 saturated heterocycles. The number of aromatic nitrogens is 1. The van der Waals surface area contributed by atoms with Crippen LogP contribution in [-0.4, -0.2) is 17.4 Å². The minimum atomic E-state index is -0.263. The summed E-state index contributed by atoms with van der Waals surface area (Å²) in [7, 11) is 0. The van der Waals surface area contributed by atoms with E-state index in [4.69, 9.17) is 4.42 Å². The van der Waals surface area contributed by atoms with E-state index in [1.807, 2.05) is 18.2 Å². The minimum absolute atomic E-state index is 0.0750. The zero-order chi connectivity index (χ0) is 16.1. The summed E-state index contributed by atoms with van der Waals surface area (Å²) in [5, 5.41) is 2.86. The standard InChI is InChI=1S/C18H17FN2O2/c19-15-4-2-1-3-14(15)6-8-18(22)20-10-9-13-5-7-16-17(11-13)23-12-21-16/h1-5,7,11-12H,6,8-10H2,(H,20,22). The van der Waals surface area contributed by atoms with Gasteiger partial charge in [-0.15, -0.1) is 0 Å². The van der Waals surface area contributed by atoms with Crippen LogP contribution in [0, 0.1) is 5.82 Å². The van der Waals surface area contributed by atoms with Crippen molar-refractivity contribution < 1.29 is 13.6 Å². The number of fused-ring (bicyclic) bond motifs is 1. The van der Waals surface area contributed by atoms with E-state index in [1.54, 1.807) is 18.2 Å². The van der Waals surface area contributed by atoms with Crippen LogP contribution in [0.3, 0.4) is 0 Å². The van der Waals surface area contributed by atoms with E-state index in [-0.39, 0.29) is 18.1 Å². The number of aryl methyl sites for hydroxylation is 1. The maximum absolute atomic E-state index is 13.5. The first-order chi connectivity index (χ1) is 11.2. The number of nitrogens with one attached hydrogen (secondary N) is 1. The Kier molecular flexibility index (Phi) is 4.66. The number of carbonyl (C=O) groups is 1. The quantitative estimate of drug-likeness (QED) is 0.760. The number of oxazole rings is 1. The van der Waals surface area contributed by atoms with Crippen LogP contribution in [0.5, 0.6) is 0 Å². The van der Waals surface area contributed by atoms with Gasteiger partial charge in [-0.2, -0.15) is 0 Å². The van der Waals surface area contributed by atoms with Crippen molar-refractivity contribution in [3.8, 4) is 0 Å². The highest BCUT2D eigenvalue weighted by molar-refractivity contribution is 5.76. The molecule has 3 aromatic rings. The molecule has 0 aliphatic rings. The molecule has 1 aromatic heterocycles. The number of amides is 1. The summed E-state index contributed by atoms with van der Waals surface area (Å²) < 4.78 is 18.7. The zero-order valence-electron chi connectivity index (χ0n) is 12.6. The molecule has 0 bridgehead atoms. The third-order valence-corrected chi connectivity index (χ3v) is 3.71. The van der Waals surface area contributed by atoms with Crippen LogP contribution in [0.1, 0.15) is 17.5 Å². The maximum Gasteiger partial charge on any atom is 0.220 e. The number of rotatable bonds is 6. The molecule has 0 aliphatic heterocycles. The summed E-state index contributed by atoms with van der Waals surface area (Å²) in [5.41, 5.74) is 3.21. The van der Waals surface area contributed by atoms with Gasteiger partial charge in [-0.25, -0.2) is 9.37 Å². The third-order valence-electron chi connectivity index (χ3n) is 3.71. The van der Waals surface area contributed by atoms with E-state index in [2.05, 4.69) is 10.3 Å². The lowest BCUT2D eigenvalue weighted by atomic mass is 10.1. The first-order valence-electron chi connectivity index (χ1n) is 7.54. The lowest BCUT2D eigenvalue weighted by Gasteiger charge is -2.06. The van der Waals surface area contributed by atoms with Crippen LogP contribution in [0.25, 0.3) is 11.1 Å². The number of halogens is 1. The number of hydrogen-bond acceptors (Lipinski definition) is 3. The molecular formula is C18H17FN2O2. The second kappa shape index (κ2) is 7.05.